The lowest BCUT2D eigenvalue weighted by Gasteiger charge is -2.15. The first-order valence-corrected chi connectivity index (χ1v) is 5.18. The maximum Gasteiger partial charge on any atom is 0.560 e. The quantitative estimate of drug-likeness (QED) is 0.629. The van der Waals surface area contributed by atoms with Crippen LogP contribution >= 0.6 is 0 Å². The van der Waals surface area contributed by atoms with Crippen LogP contribution in [0.4, 0.5) is 11.4 Å². The van der Waals surface area contributed by atoms with E-state index in [4.69, 9.17) is 13.1 Å². The van der Waals surface area contributed by atoms with Gasteiger partial charge < -0.3 is 9.80 Å². The van der Waals surface area contributed by atoms with Crippen molar-refractivity contribution in [3.05, 3.63) is 58.2 Å². The van der Waals surface area contributed by atoms with Gasteiger partial charge >= 0.3 is 5.82 Å². The van der Waals surface area contributed by atoms with Gasteiger partial charge in [-0.1, -0.05) is 12.1 Å². The van der Waals surface area contributed by atoms with Crippen LogP contribution in [-0.4, -0.2) is 14.1 Å². The largest absolute Gasteiger partial charge is 0.560 e. The van der Waals surface area contributed by atoms with Crippen LogP contribution in [0.3, 0.4) is 0 Å². The highest BCUT2D eigenvalue weighted by Gasteiger charge is 2.34. The van der Waals surface area contributed by atoms with Gasteiger partial charge in [0.15, 0.2) is 0 Å². The Balaban J connectivity index is 2.71. The van der Waals surface area contributed by atoms with E-state index in [1.165, 1.54) is 0 Å². The molecule has 0 atom stereocenters. The molecule has 0 saturated heterocycles. The molecule has 17 heavy (non-hydrogen) atoms. The first kappa shape index (κ1) is 11.0. The second kappa shape index (κ2) is 3.84. The molecule has 0 amide bonds. The molecule has 0 unspecified atom stereocenters. The highest BCUT2D eigenvalue weighted by molar-refractivity contribution is 5.85. The summed E-state index contributed by atoms with van der Waals surface area (Å²) in [6, 6.07) is 6.01. The van der Waals surface area contributed by atoms with E-state index in [1.54, 1.807) is 0 Å². The molecular weight excluding hydrogens is 212 g/mol. The van der Waals surface area contributed by atoms with Crippen LogP contribution in [0.5, 0.6) is 0 Å². The lowest BCUT2D eigenvalue weighted by Crippen LogP contribution is -2.23. The Morgan fingerprint density at radius 2 is 1.76 bits per heavy atom. The predicted molar refractivity (Wildman–Crippen MR) is 68.2 cm³/mol. The fourth-order valence-electron chi connectivity index (χ4n) is 2.22. The Labute approximate surface area is 101 Å². The molecular formula is C13H12N4. The van der Waals surface area contributed by atoms with Crippen LogP contribution in [0.15, 0.2) is 29.8 Å². The van der Waals surface area contributed by atoms with Crippen molar-refractivity contribution >= 4 is 11.4 Å². The molecule has 0 aliphatic carbocycles. The Morgan fingerprint density at radius 1 is 1.12 bits per heavy atom. The first-order valence-electron chi connectivity index (χ1n) is 5.18. The van der Waals surface area contributed by atoms with Crippen molar-refractivity contribution < 1.29 is 0 Å². The number of hydrogen-bond acceptors (Lipinski definition) is 2. The smallest absolute Gasteiger partial charge is 0.332 e. The maximum absolute atomic E-state index is 7.07. The number of nitrogens with zero attached hydrogens (tertiary/aromatic N) is 4. The van der Waals surface area contributed by atoms with E-state index >= 15 is 0 Å². The lowest BCUT2D eigenvalue weighted by atomic mass is 10.1. The molecule has 84 valence electrons. The summed E-state index contributed by atoms with van der Waals surface area (Å²) in [6.45, 7) is 16.2. The Bertz CT molecular complexity index is 570. The monoisotopic (exact) mass is 224 g/mol. The average molecular weight is 224 g/mol. The van der Waals surface area contributed by atoms with Crippen molar-refractivity contribution in [2.24, 2.45) is 0 Å². The van der Waals surface area contributed by atoms with Gasteiger partial charge in [0.25, 0.3) is 0 Å². The van der Waals surface area contributed by atoms with Gasteiger partial charge in [0, 0.05) is 14.1 Å². The molecule has 0 radical (unpaired) electrons. The van der Waals surface area contributed by atoms with Gasteiger partial charge in [-0.15, -0.1) is 0 Å². The van der Waals surface area contributed by atoms with E-state index < -0.39 is 0 Å². The first-order chi connectivity index (χ1) is 8.11. The Hall–Kier alpha value is -2.46. The van der Waals surface area contributed by atoms with Gasteiger partial charge in [-0.05, 0) is 18.6 Å². The molecule has 1 aliphatic rings. The zero-order chi connectivity index (χ0) is 12.6. The summed E-state index contributed by atoms with van der Waals surface area (Å²) >= 11 is 0. The molecule has 0 bridgehead atoms. The third-order valence-electron chi connectivity index (χ3n) is 2.96. The number of anilines is 2. The van der Waals surface area contributed by atoms with E-state index in [9.17, 15) is 0 Å². The zero-order valence-corrected chi connectivity index (χ0v) is 10.0. The summed E-state index contributed by atoms with van der Waals surface area (Å²) in [5, 5.41) is 0. The van der Waals surface area contributed by atoms with Crippen molar-refractivity contribution in [1.82, 2.24) is 0 Å². The van der Waals surface area contributed by atoms with Crippen LogP contribution in [-0.2, 0) is 0 Å². The molecule has 1 heterocycles. The summed E-state index contributed by atoms with van der Waals surface area (Å²) in [6.07, 6.45) is 0. The average Bonchev–Trinajstić information content (AvgIpc) is 2.57. The molecule has 0 fully saturated rings. The fraction of sp³-hybridized carbons (Fsp3) is 0.231. The lowest BCUT2D eigenvalue weighted by molar-refractivity contribution is 1.03. The standard InChI is InChI=1S/C13H12N4/c1-9-7-6-8-10-11(9)17(5)13(16(10)4)12(14-2)15-3/h6-8H,1,4-5H3. The molecule has 1 aromatic rings. The summed E-state index contributed by atoms with van der Waals surface area (Å²) < 4.78 is 0. The van der Waals surface area contributed by atoms with Gasteiger partial charge in [0.05, 0.1) is 11.4 Å². The van der Waals surface area contributed by atoms with E-state index in [2.05, 4.69) is 9.69 Å². The van der Waals surface area contributed by atoms with Crippen LogP contribution in [0.25, 0.3) is 9.69 Å². The van der Waals surface area contributed by atoms with Crippen LogP contribution in [0.2, 0.25) is 0 Å². The molecule has 4 heteroatoms. The summed E-state index contributed by atoms with van der Waals surface area (Å²) in [5.74, 6) is 0.755. The fourth-order valence-corrected chi connectivity index (χ4v) is 2.22. The van der Waals surface area contributed by atoms with Crippen molar-refractivity contribution in [2.45, 2.75) is 6.92 Å². The van der Waals surface area contributed by atoms with Crippen molar-refractivity contribution in [3.8, 4) is 0 Å². The molecule has 1 aliphatic heterocycles. The summed E-state index contributed by atoms with van der Waals surface area (Å²) in [5.41, 5.74) is 3.24. The van der Waals surface area contributed by atoms with Gasteiger partial charge in [-0.25, -0.2) is 0 Å². The van der Waals surface area contributed by atoms with E-state index in [0.29, 0.717) is 5.82 Å². The second-order valence-electron chi connectivity index (χ2n) is 3.93. The Kier molecular flexibility index (Phi) is 2.49. The molecule has 2 rings (SSSR count). The summed E-state index contributed by atoms with van der Waals surface area (Å²) in [4.78, 5) is 10.4. The second-order valence-corrected chi connectivity index (χ2v) is 3.93. The minimum Gasteiger partial charge on any atom is -0.332 e. The molecule has 0 saturated carbocycles. The van der Waals surface area contributed by atoms with Crippen LogP contribution < -0.4 is 9.80 Å². The molecule has 0 aromatic heterocycles. The van der Waals surface area contributed by atoms with Gasteiger partial charge in [-0.2, -0.15) is 9.69 Å². The maximum atomic E-state index is 7.07. The highest BCUT2D eigenvalue weighted by Crippen LogP contribution is 2.42. The molecule has 0 N–H and O–H groups in total. The number of para-hydroxylation sites is 1. The number of rotatable bonds is 0. The van der Waals surface area contributed by atoms with Gasteiger partial charge in [-0.3, -0.25) is 0 Å². The Morgan fingerprint density at radius 3 is 2.29 bits per heavy atom. The molecule has 1 aromatic carbocycles. The summed E-state index contributed by atoms with van der Waals surface area (Å²) in [7, 11) is 3.77. The number of hydrogen-bond donors (Lipinski definition) is 0. The minimum atomic E-state index is 0.102. The van der Waals surface area contributed by atoms with Gasteiger partial charge in [0.2, 0.25) is 5.82 Å². The van der Waals surface area contributed by atoms with Crippen LogP contribution in [0.1, 0.15) is 5.56 Å². The zero-order valence-electron chi connectivity index (χ0n) is 10.0. The van der Waals surface area contributed by atoms with Crippen LogP contribution in [0, 0.1) is 20.1 Å². The number of benzene rings is 1. The van der Waals surface area contributed by atoms with Crippen molar-refractivity contribution in [2.75, 3.05) is 23.9 Å². The third-order valence-corrected chi connectivity index (χ3v) is 2.96. The molecule has 4 nitrogen and oxygen atoms in total. The van der Waals surface area contributed by atoms with E-state index in [0.717, 1.165) is 16.9 Å². The topological polar surface area (TPSA) is 15.2 Å². The number of aryl methyl sites for hydroxylation is 1. The normalized spacial score (nSPS) is 13.1. The van der Waals surface area contributed by atoms with E-state index in [-0.39, 0.29) is 5.82 Å². The van der Waals surface area contributed by atoms with Gasteiger partial charge in [0.1, 0.15) is 13.1 Å². The van der Waals surface area contributed by atoms with Crippen molar-refractivity contribution in [1.29, 1.82) is 0 Å². The number of fused-ring (bicyclic) bond motifs is 1. The molecule has 0 spiro atoms. The van der Waals surface area contributed by atoms with E-state index in [1.807, 2.05) is 49.0 Å². The minimum absolute atomic E-state index is 0.102. The predicted octanol–water partition coefficient (Wildman–Crippen LogP) is 2.85. The third kappa shape index (κ3) is 1.43. The SMILES string of the molecule is [C-]#[N+]C([N+]#[C-])=C1N(C)c2cccc(C)c2N1C. The van der Waals surface area contributed by atoms with Crippen molar-refractivity contribution in [3.63, 3.8) is 0 Å². The highest BCUT2D eigenvalue weighted by atomic mass is 15.4.